The zero-order valence-electron chi connectivity index (χ0n) is 18.4. The summed E-state index contributed by atoms with van der Waals surface area (Å²) in [5, 5.41) is 15.7. The van der Waals surface area contributed by atoms with E-state index >= 15 is 0 Å². The van der Waals surface area contributed by atoms with Crippen molar-refractivity contribution in [3.63, 3.8) is 0 Å². The third-order valence-electron chi connectivity index (χ3n) is 5.02. The molecule has 0 aliphatic rings. The summed E-state index contributed by atoms with van der Waals surface area (Å²) in [5.41, 5.74) is 5.70. The van der Waals surface area contributed by atoms with Gasteiger partial charge in [-0.1, -0.05) is 47.1 Å². The lowest BCUT2D eigenvalue weighted by molar-refractivity contribution is -0.134. The number of carboxylic acid groups (broad SMARTS) is 1. The topological polar surface area (TPSA) is 110 Å². The molecule has 0 unspecified atom stereocenters. The largest absolute Gasteiger partial charge is 0.480 e. The predicted octanol–water partition coefficient (Wildman–Crippen LogP) is 5.49. The van der Waals surface area contributed by atoms with Crippen molar-refractivity contribution in [3.8, 4) is 34.0 Å². The van der Waals surface area contributed by atoms with Crippen molar-refractivity contribution in [1.29, 1.82) is 0 Å². The maximum absolute atomic E-state index is 10.7. The Bertz CT molecular complexity index is 1310. The van der Waals surface area contributed by atoms with E-state index in [1.165, 1.54) is 11.8 Å². The van der Waals surface area contributed by atoms with E-state index in [4.69, 9.17) is 26.0 Å². The van der Waals surface area contributed by atoms with Gasteiger partial charge in [-0.15, -0.1) is 12.4 Å². The molecule has 0 saturated carbocycles. The van der Waals surface area contributed by atoms with Crippen LogP contribution in [0.25, 0.3) is 34.0 Å². The van der Waals surface area contributed by atoms with Crippen LogP contribution in [0.3, 0.4) is 0 Å². The van der Waals surface area contributed by atoms with Crippen LogP contribution in [-0.4, -0.2) is 39.9 Å². The van der Waals surface area contributed by atoms with E-state index in [0.29, 0.717) is 23.9 Å². The fraction of sp³-hybridized carbons (Fsp3) is 0.167. The molecule has 0 saturated heterocycles. The molecule has 0 radical (unpaired) electrons. The van der Waals surface area contributed by atoms with Crippen LogP contribution in [0.2, 0.25) is 5.02 Å². The van der Waals surface area contributed by atoms with Crippen LogP contribution < -0.4 is 5.32 Å². The Labute approximate surface area is 207 Å². The van der Waals surface area contributed by atoms with E-state index in [1.807, 2.05) is 30.3 Å². The molecule has 0 bridgehead atoms. The summed E-state index contributed by atoms with van der Waals surface area (Å²) in [7, 11) is 1.66. The van der Waals surface area contributed by atoms with E-state index in [0.717, 1.165) is 22.3 Å². The number of carboxylic acids is 1. The van der Waals surface area contributed by atoms with Gasteiger partial charge in [-0.05, 0) is 47.4 Å². The summed E-state index contributed by atoms with van der Waals surface area (Å²) < 4.78 is 10.9. The average molecular weight is 501 g/mol. The number of nitrogens with one attached hydrogen (secondary N) is 1. The number of aryl methyl sites for hydroxylation is 1. The molecule has 2 aromatic carbocycles. The van der Waals surface area contributed by atoms with Crippen LogP contribution in [-0.2, 0) is 16.1 Å². The Morgan fingerprint density at radius 2 is 1.94 bits per heavy atom. The number of aromatic nitrogens is 3. The first kappa shape index (κ1) is 25.2. The van der Waals surface area contributed by atoms with Crippen molar-refractivity contribution in [3.05, 3.63) is 70.9 Å². The molecule has 0 aliphatic carbocycles. The van der Waals surface area contributed by atoms with Gasteiger partial charge in [0.15, 0.2) is 0 Å². The quantitative estimate of drug-likeness (QED) is 0.326. The Hall–Kier alpha value is -3.46. The lowest BCUT2D eigenvalue weighted by Gasteiger charge is -2.12. The van der Waals surface area contributed by atoms with Crippen molar-refractivity contribution in [2.45, 2.75) is 13.5 Å². The van der Waals surface area contributed by atoms with Gasteiger partial charge in [0.1, 0.15) is 12.4 Å². The third kappa shape index (κ3) is 5.53. The fourth-order valence-corrected chi connectivity index (χ4v) is 3.68. The minimum Gasteiger partial charge on any atom is -0.480 e. The minimum atomic E-state index is -1.01. The van der Waals surface area contributed by atoms with Crippen LogP contribution in [0.1, 0.15) is 11.1 Å². The molecule has 0 spiro atoms. The number of ether oxygens (including phenoxy) is 1. The predicted molar refractivity (Wildman–Crippen MR) is 132 cm³/mol. The molecule has 4 rings (SSSR count). The Morgan fingerprint density at radius 3 is 2.65 bits per heavy atom. The smallest absolute Gasteiger partial charge is 0.322 e. The van der Waals surface area contributed by atoms with Crippen LogP contribution in [0, 0.1) is 6.92 Å². The lowest BCUT2D eigenvalue weighted by Crippen LogP contribution is -2.13. The monoisotopic (exact) mass is 500 g/mol. The van der Waals surface area contributed by atoms with Crippen molar-refractivity contribution in [2.24, 2.45) is 0 Å². The standard InChI is InChI=1S/C24H21ClN4O4.ClH/c1-14-5-3-4-6-18(14)19-8-7-15(9-17(19)13-32-2)24-28-22(29-33-24)16-10-20(25)23(26-11-16)27-12-21(30)31;/h3-11H,12-13H2,1-2H3,(H,26,27)(H,30,31);1H. The molecular weight excluding hydrogens is 479 g/mol. The number of pyridine rings is 1. The van der Waals surface area contributed by atoms with E-state index in [-0.39, 0.29) is 29.8 Å². The van der Waals surface area contributed by atoms with Gasteiger partial charge in [0.25, 0.3) is 5.89 Å². The van der Waals surface area contributed by atoms with Gasteiger partial charge in [-0.25, -0.2) is 4.98 Å². The first-order valence-electron chi connectivity index (χ1n) is 10.1. The number of aliphatic carboxylic acids is 1. The number of methoxy groups -OCH3 is 1. The van der Waals surface area contributed by atoms with Crippen molar-refractivity contribution >= 4 is 35.8 Å². The molecule has 4 aromatic rings. The van der Waals surface area contributed by atoms with Crippen LogP contribution in [0.5, 0.6) is 0 Å². The molecule has 10 heteroatoms. The van der Waals surface area contributed by atoms with Crippen LogP contribution in [0.15, 0.2) is 59.3 Å². The maximum atomic E-state index is 10.7. The second-order valence-corrected chi connectivity index (χ2v) is 7.75. The van der Waals surface area contributed by atoms with Crippen LogP contribution >= 0.6 is 24.0 Å². The molecule has 0 atom stereocenters. The third-order valence-corrected chi connectivity index (χ3v) is 5.31. The molecule has 2 N–H and O–H groups in total. The second kappa shape index (κ2) is 11.1. The molecule has 8 nitrogen and oxygen atoms in total. The van der Waals surface area contributed by atoms with Gasteiger partial charge >= 0.3 is 5.97 Å². The summed E-state index contributed by atoms with van der Waals surface area (Å²) in [6.45, 7) is 2.22. The summed E-state index contributed by atoms with van der Waals surface area (Å²) in [6, 6.07) is 15.7. The van der Waals surface area contributed by atoms with E-state index < -0.39 is 5.97 Å². The summed E-state index contributed by atoms with van der Waals surface area (Å²) in [4.78, 5) is 19.4. The highest BCUT2D eigenvalue weighted by Crippen LogP contribution is 2.32. The van der Waals surface area contributed by atoms with E-state index in [9.17, 15) is 4.79 Å². The van der Waals surface area contributed by atoms with Gasteiger partial charge < -0.3 is 19.7 Å². The Morgan fingerprint density at radius 1 is 1.15 bits per heavy atom. The molecule has 2 heterocycles. The number of rotatable bonds is 8. The molecule has 0 amide bonds. The van der Waals surface area contributed by atoms with E-state index in [1.54, 1.807) is 13.2 Å². The average Bonchev–Trinajstić information content (AvgIpc) is 3.29. The van der Waals surface area contributed by atoms with Crippen molar-refractivity contribution in [1.82, 2.24) is 15.1 Å². The molecule has 34 heavy (non-hydrogen) atoms. The Balaban J connectivity index is 0.00000324. The second-order valence-electron chi connectivity index (χ2n) is 7.34. The number of anilines is 1. The highest BCUT2D eigenvalue weighted by molar-refractivity contribution is 6.33. The number of benzene rings is 2. The van der Waals surface area contributed by atoms with Crippen molar-refractivity contribution in [2.75, 3.05) is 19.0 Å². The highest BCUT2D eigenvalue weighted by Gasteiger charge is 2.16. The maximum Gasteiger partial charge on any atom is 0.322 e. The molecule has 0 fully saturated rings. The number of hydrogen-bond donors (Lipinski definition) is 2. The molecule has 0 aliphatic heterocycles. The zero-order chi connectivity index (χ0) is 23.4. The highest BCUT2D eigenvalue weighted by atomic mass is 35.5. The SMILES string of the molecule is COCc1cc(-c2nc(-c3cnc(NCC(=O)O)c(Cl)c3)no2)ccc1-c1ccccc1C.Cl. The van der Waals surface area contributed by atoms with E-state index in [2.05, 4.69) is 39.5 Å². The van der Waals surface area contributed by atoms with Gasteiger partial charge in [0, 0.05) is 24.4 Å². The first-order chi connectivity index (χ1) is 16.0. The lowest BCUT2D eigenvalue weighted by atomic mass is 9.94. The number of halogens is 2. The van der Waals surface area contributed by atoms with Gasteiger partial charge in [-0.2, -0.15) is 4.98 Å². The minimum absolute atomic E-state index is 0. The number of carbonyl (C=O) groups is 1. The number of nitrogens with zero attached hydrogens (tertiary/aromatic N) is 3. The Kier molecular flexibility index (Phi) is 8.22. The fourth-order valence-electron chi connectivity index (χ4n) is 3.45. The summed E-state index contributed by atoms with van der Waals surface area (Å²) >= 11 is 6.21. The van der Waals surface area contributed by atoms with Crippen molar-refractivity contribution < 1.29 is 19.2 Å². The normalized spacial score (nSPS) is 10.6. The van der Waals surface area contributed by atoms with Crippen LogP contribution in [0.4, 0.5) is 5.82 Å². The molecular formula is C24H22Cl2N4O4. The molecule has 176 valence electrons. The van der Waals surface area contributed by atoms with Gasteiger partial charge in [-0.3, -0.25) is 4.79 Å². The zero-order valence-corrected chi connectivity index (χ0v) is 20.0. The summed E-state index contributed by atoms with van der Waals surface area (Å²) in [5.74, 6) is -0.0769. The van der Waals surface area contributed by atoms with Gasteiger partial charge in [0.2, 0.25) is 5.82 Å². The molecule has 2 aromatic heterocycles. The summed E-state index contributed by atoms with van der Waals surface area (Å²) in [6.07, 6.45) is 1.50. The first-order valence-corrected chi connectivity index (χ1v) is 10.5. The van der Waals surface area contributed by atoms with Gasteiger partial charge in [0.05, 0.1) is 11.6 Å². The number of hydrogen-bond acceptors (Lipinski definition) is 7.